The molecule has 1 aliphatic rings. The number of carbonyl (C=O) groups excluding carboxylic acids is 1. The Bertz CT molecular complexity index is 683. The fourth-order valence-electron chi connectivity index (χ4n) is 3.14. The van der Waals surface area contributed by atoms with Gasteiger partial charge < -0.3 is 10.0 Å². The van der Waals surface area contributed by atoms with Crippen molar-refractivity contribution in [3.8, 4) is 5.69 Å². The molecule has 0 aliphatic carbocycles. The first-order valence-corrected chi connectivity index (χ1v) is 8.12. The summed E-state index contributed by atoms with van der Waals surface area (Å²) >= 11 is 0. The number of rotatable bonds is 3. The zero-order valence-electron chi connectivity index (χ0n) is 13.7. The van der Waals surface area contributed by atoms with Crippen LogP contribution < -0.4 is 0 Å². The fraction of sp³-hybridized carbons (Fsp3) is 0.444. The molecule has 1 fully saturated rings. The van der Waals surface area contributed by atoms with Gasteiger partial charge in [-0.05, 0) is 62.9 Å². The number of hydrogen-bond donors (Lipinski definition) is 1. The van der Waals surface area contributed by atoms with Gasteiger partial charge in [0.15, 0.2) is 0 Å². The summed E-state index contributed by atoms with van der Waals surface area (Å²) in [4.78, 5) is 14.4. The Hall–Kier alpha value is -2.14. The van der Waals surface area contributed by atoms with Crippen LogP contribution in [0.5, 0.6) is 0 Å². The smallest absolute Gasteiger partial charge is 0.253 e. The summed E-state index contributed by atoms with van der Waals surface area (Å²) in [6, 6.07) is 9.64. The first-order valence-electron chi connectivity index (χ1n) is 8.12. The second-order valence-corrected chi connectivity index (χ2v) is 6.30. The van der Waals surface area contributed by atoms with E-state index in [0.717, 1.165) is 43.0 Å². The first-order chi connectivity index (χ1) is 11.1. The maximum atomic E-state index is 12.6. The van der Waals surface area contributed by atoms with Gasteiger partial charge in [0.2, 0.25) is 0 Å². The summed E-state index contributed by atoms with van der Waals surface area (Å²) in [5.74, 6) is 0.411. The quantitative estimate of drug-likeness (QED) is 0.946. The summed E-state index contributed by atoms with van der Waals surface area (Å²) in [6.45, 7) is 5.66. The second-order valence-electron chi connectivity index (χ2n) is 6.30. The predicted molar refractivity (Wildman–Crippen MR) is 88.8 cm³/mol. The van der Waals surface area contributed by atoms with Crippen molar-refractivity contribution in [2.75, 3.05) is 19.7 Å². The number of nitrogens with zero attached hydrogens (tertiary/aromatic N) is 3. The third-order valence-electron chi connectivity index (χ3n) is 4.53. The number of piperidine rings is 1. The molecule has 0 radical (unpaired) electrons. The maximum absolute atomic E-state index is 12.6. The maximum Gasteiger partial charge on any atom is 0.253 e. The van der Waals surface area contributed by atoms with Gasteiger partial charge in [-0.25, -0.2) is 4.68 Å². The van der Waals surface area contributed by atoms with Gasteiger partial charge in [-0.2, -0.15) is 5.10 Å². The number of aliphatic hydroxyl groups is 1. The van der Waals surface area contributed by atoms with E-state index in [-0.39, 0.29) is 12.5 Å². The van der Waals surface area contributed by atoms with Gasteiger partial charge in [0.05, 0.1) is 11.4 Å². The molecule has 5 nitrogen and oxygen atoms in total. The number of likely N-dealkylation sites (tertiary alicyclic amines) is 1. The minimum Gasteiger partial charge on any atom is -0.396 e. The van der Waals surface area contributed by atoms with Crippen LogP contribution in [0.25, 0.3) is 5.69 Å². The molecular formula is C18H23N3O2. The molecular weight excluding hydrogens is 290 g/mol. The van der Waals surface area contributed by atoms with E-state index in [0.29, 0.717) is 11.5 Å². The van der Waals surface area contributed by atoms with Crippen molar-refractivity contribution >= 4 is 5.91 Å². The van der Waals surface area contributed by atoms with Gasteiger partial charge >= 0.3 is 0 Å². The molecule has 3 rings (SSSR count). The highest BCUT2D eigenvalue weighted by Gasteiger charge is 2.23. The summed E-state index contributed by atoms with van der Waals surface area (Å²) in [5, 5.41) is 13.6. The van der Waals surface area contributed by atoms with Crippen molar-refractivity contribution in [2.45, 2.75) is 26.7 Å². The van der Waals surface area contributed by atoms with E-state index in [9.17, 15) is 9.90 Å². The summed E-state index contributed by atoms with van der Waals surface area (Å²) < 4.78 is 1.89. The van der Waals surface area contributed by atoms with Crippen molar-refractivity contribution in [1.29, 1.82) is 0 Å². The van der Waals surface area contributed by atoms with Crippen LogP contribution in [0.15, 0.2) is 30.3 Å². The molecule has 1 aromatic carbocycles. The van der Waals surface area contributed by atoms with Crippen molar-refractivity contribution < 1.29 is 9.90 Å². The molecule has 5 heteroatoms. The van der Waals surface area contributed by atoms with E-state index < -0.39 is 0 Å². The van der Waals surface area contributed by atoms with Crippen molar-refractivity contribution in [2.24, 2.45) is 5.92 Å². The Morgan fingerprint density at radius 3 is 2.39 bits per heavy atom. The molecule has 0 spiro atoms. The zero-order valence-corrected chi connectivity index (χ0v) is 13.7. The molecule has 1 saturated heterocycles. The van der Waals surface area contributed by atoms with E-state index in [1.807, 2.05) is 53.8 Å². The van der Waals surface area contributed by atoms with E-state index in [1.54, 1.807) is 0 Å². The Kier molecular flexibility index (Phi) is 4.48. The van der Waals surface area contributed by atoms with Crippen LogP contribution >= 0.6 is 0 Å². The molecule has 1 aromatic heterocycles. The summed E-state index contributed by atoms with van der Waals surface area (Å²) in [6.07, 6.45) is 1.76. The Labute approximate surface area is 136 Å². The van der Waals surface area contributed by atoms with Crippen LogP contribution in [-0.4, -0.2) is 45.4 Å². The van der Waals surface area contributed by atoms with Crippen LogP contribution in [0.4, 0.5) is 0 Å². The van der Waals surface area contributed by atoms with Crippen LogP contribution in [0.2, 0.25) is 0 Å². The highest BCUT2D eigenvalue weighted by atomic mass is 16.3. The van der Waals surface area contributed by atoms with Crippen LogP contribution in [0.1, 0.15) is 34.6 Å². The highest BCUT2D eigenvalue weighted by molar-refractivity contribution is 5.94. The average molecular weight is 313 g/mol. The molecule has 0 saturated carbocycles. The largest absolute Gasteiger partial charge is 0.396 e. The number of hydrogen-bond acceptors (Lipinski definition) is 3. The Morgan fingerprint density at radius 1 is 1.22 bits per heavy atom. The molecule has 1 aliphatic heterocycles. The average Bonchev–Trinajstić information content (AvgIpc) is 2.93. The minimum atomic E-state index is 0.0707. The Morgan fingerprint density at radius 2 is 1.87 bits per heavy atom. The third kappa shape index (κ3) is 3.29. The zero-order chi connectivity index (χ0) is 16.4. The molecule has 23 heavy (non-hydrogen) atoms. The van der Waals surface area contributed by atoms with Gasteiger partial charge in [-0.15, -0.1) is 0 Å². The normalized spacial score (nSPS) is 15.9. The summed E-state index contributed by atoms with van der Waals surface area (Å²) in [7, 11) is 0. The molecule has 2 heterocycles. The van der Waals surface area contributed by atoms with Crippen molar-refractivity contribution in [3.05, 3.63) is 47.3 Å². The lowest BCUT2D eigenvalue weighted by Crippen LogP contribution is -2.39. The van der Waals surface area contributed by atoms with Gasteiger partial charge in [-0.1, -0.05) is 0 Å². The van der Waals surface area contributed by atoms with E-state index in [4.69, 9.17) is 0 Å². The fourth-order valence-corrected chi connectivity index (χ4v) is 3.14. The minimum absolute atomic E-state index is 0.0707. The molecule has 0 atom stereocenters. The Balaban J connectivity index is 1.72. The third-order valence-corrected chi connectivity index (χ3v) is 4.53. The van der Waals surface area contributed by atoms with E-state index in [2.05, 4.69) is 5.10 Å². The summed E-state index contributed by atoms with van der Waals surface area (Å²) in [5.41, 5.74) is 3.73. The lowest BCUT2D eigenvalue weighted by Gasteiger charge is -2.31. The monoisotopic (exact) mass is 313 g/mol. The number of amides is 1. The molecule has 122 valence electrons. The van der Waals surface area contributed by atoms with Crippen LogP contribution in [0.3, 0.4) is 0 Å². The number of carbonyl (C=O) groups is 1. The molecule has 2 aromatic rings. The van der Waals surface area contributed by atoms with Crippen molar-refractivity contribution in [1.82, 2.24) is 14.7 Å². The van der Waals surface area contributed by atoms with Gasteiger partial charge in [0, 0.05) is 31.0 Å². The van der Waals surface area contributed by atoms with Crippen LogP contribution in [-0.2, 0) is 0 Å². The molecule has 1 N–H and O–H groups in total. The van der Waals surface area contributed by atoms with E-state index in [1.165, 1.54) is 0 Å². The number of aliphatic hydroxyl groups excluding tert-OH is 1. The van der Waals surface area contributed by atoms with Crippen molar-refractivity contribution in [3.63, 3.8) is 0 Å². The van der Waals surface area contributed by atoms with Crippen LogP contribution in [0, 0.1) is 19.8 Å². The van der Waals surface area contributed by atoms with Gasteiger partial charge in [0.25, 0.3) is 5.91 Å². The van der Waals surface area contributed by atoms with E-state index >= 15 is 0 Å². The molecule has 0 bridgehead atoms. The first kappa shape index (κ1) is 15.7. The lowest BCUT2D eigenvalue weighted by atomic mass is 9.97. The number of aromatic nitrogens is 2. The SMILES string of the molecule is Cc1cc(C)n(-c2ccc(C(=O)N3CCC(CO)CC3)cc2)n1. The standard InChI is InChI=1S/C18H23N3O2/c1-13-11-14(2)21(19-13)17-5-3-16(4-6-17)18(23)20-9-7-15(12-22)8-10-20/h3-6,11,15,22H,7-10,12H2,1-2H3. The highest BCUT2D eigenvalue weighted by Crippen LogP contribution is 2.19. The molecule has 0 unspecified atom stereocenters. The molecule has 1 amide bonds. The van der Waals surface area contributed by atoms with Gasteiger partial charge in [0.1, 0.15) is 0 Å². The number of benzene rings is 1. The topological polar surface area (TPSA) is 58.4 Å². The lowest BCUT2D eigenvalue weighted by molar-refractivity contribution is 0.0651. The van der Waals surface area contributed by atoms with Gasteiger partial charge in [-0.3, -0.25) is 4.79 Å². The predicted octanol–water partition coefficient (Wildman–Crippen LogP) is 2.33. The number of aryl methyl sites for hydroxylation is 2. The second kappa shape index (κ2) is 6.54.